The minimum atomic E-state index is -0.374. The maximum atomic E-state index is 13.0. The molecule has 7 heteroatoms. The molecule has 0 fully saturated rings. The van der Waals surface area contributed by atoms with Gasteiger partial charge in [0.15, 0.2) is 5.78 Å². The van der Waals surface area contributed by atoms with E-state index < -0.39 is 0 Å². The van der Waals surface area contributed by atoms with E-state index in [0.717, 1.165) is 36.1 Å². The lowest BCUT2D eigenvalue weighted by Crippen LogP contribution is -2.27. The number of halogens is 1. The normalized spacial score (nSPS) is 12.8. The Morgan fingerprint density at radius 2 is 1.86 bits per heavy atom. The summed E-state index contributed by atoms with van der Waals surface area (Å²) in [4.78, 5) is 33.3. The molecule has 0 spiro atoms. The Kier molecular flexibility index (Phi) is 5.34. The predicted octanol–water partition coefficient (Wildman–Crippen LogP) is 3.29. The van der Waals surface area contributed by atoms with Crippen LogP contribution in [0.25, 0.3) is 0 Å². The molecule has 0 aliphatic heterocycles. The van der Waals surface area contributed by atoms with Crippen LogP contribution in [0.1, 0.15) is 33.6 Å². The number of carbonyl (C=O) groups is 1. The van der Waals surface area contributed by atoms with Crippen molar-refractivity contribution in [2.45, 2.75) is 30.8 Å². The van der Waals surface area contributed by atoms with Crippen molar-refractivity contribution in [3.63, 3.8) is 0 Å². The van der Waals surface area contributed by atoms with E-state index in [1.54, 1.807) is 17.0 Å². The fourth-order valence-corrected chi connectivity index (χ4v) is 4.36. The number of rotatable bonds is 6. The summed E-state index contributed by atoms with van der Waals surface area (Å²) in [7, 11) is 0. The minimum Gasteiger partial charge on any atom is -0.293 e. The summed E-state index contributed by atoms with van der Waals surface area (Å²) in [6, 6.07) is 9.27. The molecule has 142 valence electrons. The summed E-state index contributed by atoms with van der Waals surface area (Å²) in [5, 5.41) is 0.638. The highest BCUT2D eigenvalue weighted by Crippen LogP contribution is 2.29. The van der Waals surface area contributed by atoms with E-state index in [9.17, 15) is 14.0 Å². The Hall–Kier alpha value is -2.80. The summed E-state index contributed by atoms with van der Waals surface area (Å²) in [6.45, 7) is 0.468. The highest BCUT2D eigenvalue weighted by atomic mass is 32.2. The standard InChI is InChI=1S/C21H18FN3O2S/c22-16-6-4-15(5-7-16)19(26)13-28-20-17-2-1-3-18(17)25(21(27)24-20)12-14-8-10-23-11-9-14/h4-11H,1-3,12-13H2. The fraction of sp³-hybridized carbons (Fsp3) is 0.238. The molecule has 0 N–H and O–H groups in total. The van der Waals surface area contributed by atoms with E-state index in [1.165, 1.54) is 36.0 Å². The molecule has 2 aromatic heterocycles. The maximum absolute atomic E-state index is 13.0. The predicted molar refractivity (Wildman–Crippen MR) is 105 cm³/mol. The fourth-order valence-electron chi connectivity index (χ4n) is 3.39. The van der Waals surface area contributed by atoms with Crippen LogP contribution in [0.15, 0.2) is 58.6 Å². The zero-order valence-electron chi connectivity index (χ0n) is 15.1. The molecule has 0 radical (unpaired) electrons. The lowest BCUT2D eigenvalue weighted by molar-refractivity contribution is 0.102. The number of nitrogens with zero attached hydrogens (tertiary/aromatic N) is 3. The smallest absolute Gasteiger partial charge is 0.293 e. The van der Waals surface area contributed by atoms with Crippen LogP contribution in [0.5, 0.6) is 0 Å². The number of hydrogen-bond acceptors (Lipinski definition) is 5. The molecule has 2 heterocycles. The van der Waals surface area contributed by atoms with Gasteiger partial charge in [0.25, 0.3) is 0 Å². The Bertz CT molecular complexity index is 1070. The van der Waals surface area contributed by atoms with Crippen molar-refractivity contribution in [3.8, 4) is 0 Å². The van der Waals surface area contributed by atoms with Gasteiger partial charge in [-0.1, -0.05) is 11.8 Å². The van der Waals surface area contributed by atoms with Gasteiger partial charge in [-0.2, -0.15) is 4.98 Å². The van der Waals surface area contributed by atoms with Crippen molar-refractivity contribution in [1.82, 2.24) is 14.5 Å². The van der Waals surface area contributed by atoms with E-state index >= 15 is 0 Å². The van der Waals surface area contributed by atoms with Gasteiger partial charge in [0.05, 0.1) is 12.3 Å². The number of thioether (sulfide) groups is 1. The van der Waals surface area contributed by atoms with E-state index in [0.29, 0.717) is 17.1 Å². The maximum Gasteiger partial charge on any atom is 0.349 e. The van der Waals surface area contributed by atoms with E-state index in [2.05, 4.69) is 9.97 Å². The van der Waals surface area contributed by atoms with Gasteiger partial charge in [-0.3, -0.25) is 14.3 Å². The van der Waals surface area contributed by atoms with Crippen molar-refractivity contribution in [2.24, 2.45) is 0 Å². The second-order valence-corrected chi connectivity index (χ2v) is 7.60. The van der Waals surface area contributed by atoms with Crippen LogP contribution in [0, 0.1) is 5.82 Å². The molecule has 1 aromatic carbocycles. The van der Waals surface area contributed by atoms with Crippen LogP contribution in [0.2, 0.25) is 0 Å². The third-order valence-electron chi connectivity index (χ3n) is 4.80. The third-order valence-corrected chi connectivity index (χ3v) is 5.81. The molecule has 3 aromatic rings. The zero-order valence-corrected chi connectivity index (χ0v) is 15.9. The van der Waals surface area contributed by atoms with E-state index in [4.69, 9.17) is 0 Å². The number of pyridine rings is 1. The second-order valence-electron chi connectivity index (χ2n) is 6.64. The molecule has 0 bridgehead atoms. The molecular weight excluding hydrogens is 377 g/mol. The van der Waals surface area contributed by atoms with E-state index in [-0.39, 0.29) is 23.0 Å². The molecule has 1 aliphatic rings. The van der Waals surface area contributed by atoms with Gasteiger partial charge in [0.2, 0.25) is 0 Å². The van der Waals surface area contributed by atoms with Crippen molar-refractivity contribution in [2.75, 3.05) is 5.75 Å². The van der Waals surface area contributed by atoms with Gasteiger partial charge in [0.1, 0.15) is 10.8 Å². The Morgan fingerprint density at radius 3 is 2.61 bits per heavy atom. The summed E-state index contributed by atoms with van der Waals surface area (Å²) in [5.41, 5.74) is 3.23. The van der Waals surface area contributed by atoms with Crippen LogP contribution >= 0.6 is 11.8 Å². The lowest BCUT2D eigenvalue weighted by atomic mass is 10.1. The van der Waals surface area contributed by atoms with Gasteiger partial charge in [0, 0.05) is 29.2 Å². The first-order valence-electron chi connectivity index (χ1n) is 9.05. The molecule has 4 rings (SSSR count). The number of benzene rings is 1. The monoisotopic (exact) mass is 395 g/mol. The molecule has 5 nitrogen and oxygen atoms in total. The minimum absolute atomic E-state index is 0.112. The van der Waals surface area contributed by atoms with Gasteiger partial charge in [-0.15, -0.1) is 0 Å². The zero-order chi connectivity index (χ0) is 19.5. The van der Waals surface area contributed by atoms with Crippen molar-refractivity contribution in [1.29, 1.82) is 0 Å². The molecule has 1 aliphatic carbocycles. The Labute approximate surface area is 165 Å². The first-order valence-corrected chi connectivity index (χ1v) is 10.0. The molecule has 0 saturated carbocycles. The topological polar surface area (TPSA) is 64.8 Å². The van der Waals surface area contributed by atoms with Gasteiger partial charge in [-0.25, -0.2) is 9.18 Å². The summed E-state index contributed by atoms with van der Waals surface area (Å²) >= 11 is 1.28. The SMILES string of the molecule is O=C(CSc1nc(=O)n(Cc2ccncc2)c2c1CCC2)c1ccc(F)cc1. The molecule has 28 heavy (non-hydrogen) atoms. The number of fused-ring (bicyclic) bond motifs is 1. The first-order chi connectivity index (χ1) is 13.6. The Morgan fingerprint density at radius 1 is 1.11 bits per heavy atom. The summed E-state index contributed by atoms with van der Waals surface area (Å²) in [6.07, 6.45) is 6.07. The summed E-state index contributed by atoms with van der Waals surface area (Å²) < 4.78 is 14.7. The summed E-state index contributed by atoms with van der Waals surface area (Å²) in [5.74, 6) is -0.320. The van der Waals surface area contributed by atoms with Gasteiger partial charge in [-0.05, 0) is 61.2 Å². The quantitative estimate of drug-likeness (QED) is 0.364. The van der Waals surface area contributed by atoms with Gasteiger partial charge >= 0.3 is 5.69 Å². The molecule has 0 saturated heterocycles. The highest BCUT2D eigenvalue weighted by Gasteiger charge is 2.22. The molecule has 0 atom stereocenters. The van der Waals surface area contributed by atoms with Crippen LogP contribution in [0.3, 0.4) is 0 Å². The third kappa shape index (κ3) is 3.89. The average molecular weight is 395 g/mol. The number of ketones is 1. The number of hydrogen-bond donors (Lipinski definition) is 0. The molecule has 0 amide bonds. The van der Waals surface area contributed by atoms with E-state index in [1.807, 2.05) is 12.1 Å². The van der Waals surface area contributed by atoms with Crippen LogP contribution in [-0.4, -0.2) is 26.1 Å². The Balaban J connectivity index is 1.56. The first kappa shape index (κ1) is 18.6. The number of aromatic nitrogens is 3. The average Bonchev–Trinajstić information content (AvgIpc) is 3.20. The highest BCUT2D eigenvalue weighted by molar-refractivity contribution is 8.00. The molecule has 0 unspecified atom stereocenters. The molecular formula is C21H18FN3O2S. The lowest BCUT2D eigenvalue weighted by Gasteiger charge is -2.14. The van der Waals surface area contributed by atoms with Gasteiger partial charge < -0.3 is 0 Å². The van der Waals surface area contributed by atoms with Crippen molar-refractivity contribution < 1.29 is 9.18 Å². The number of carbonyl (C=O) groups excluding carboxylic acids is 1. The van der Waals surface area contributed by atoms with Crippen LogP contribution in [0.4, 0.5) is 4.39 Å². The van der Waals surface area contributed by atoms with Crippen molar-refractivity contribution in [3.05, 3.63) is 87.5 Å². The van der Waals surface area contributed by atoms with Crippen LogP contribution in [-0.2, 0) is 19.4 Å². The number of Topliss-reactive ketones (excluding diaryl/α,β-unsaturated/α-hetero) is 1. The van der Waals surface area contributed by atoms with Crippen LogP contribution < -0.4 is 5.69 Å². The van der Waals surface area contributed by atoms with Crippen molar-refractivity contribution >= 4 is 17.5 Å². The largest absolute Gasteiger partial charge is 0.349 e. The second kappa shape index (κ2) is 8.06.